The van der Waals surface area contributed by atoms with Crippen LogP contribution in [0.1, 0.15) is 34.6 Å². The molecule has 4 rings (SSSR count). The lowest BCUT2D eigenvalue weighted by atomic mass is 10.1. The summed E-state index contributed by atoms with van der Waals surface area (Å²) >= 11 is 0. The Morgan fingerprint density at radius 1 is 1.00 bits per heavy atom. The molecule has 0 saturated carbocycles. The molecule has 2 amide bonds. The van der Waals surface area contributed by atoms with Crippen LogP contribution in [0.25, 0.3) is 10.9 Å². The lowest BCUT2D eigenvalue weighted by Crippen LogP contribution is -2.19. The quantitative estimate of drug-likeness (QED) is 0.647. The van der Waals surface area contributed by atoms with Gasteiger partial charge in [-0.3, -0.25) is 19.6 Å². The minimum Gasteiger partial charge on any atom is -0.347 e. The largest absolute Gasteiger partial charge is 0.347 e. The zero-order chi connectivity index (χ0) is 20.1. The number of imide groups is 1. The van der Waals surface area contributed by atoms with Crippen LogP contribution in [0, 0.1) is 5.92 Å². The van der Waals surface area contributed by atoms with Crippen molar-refractivity contribution in [2.75, 3.05) is 4.72 Å². The van der Waals surface area contributed by atoms with Crippen LogP contribution < -0.4 is 10.0 Å². The zero-order valence-electron chi connectivity index (χ0n) is 15.4. The summed E-state index contributed by atoms with van der Waals surface area (Å²) in [6, 6.07) is 11.2. The van der Waals surface area contributed by atoms with Crippen molar-refractivity contribution >= 4 is 38.4 Å². The molecule has 0 bridgehead atoms. The van der Waals surface area contributed by atoms with Crippen molar-refractivity contribution in [3.05, 3.63) is 59.8 Å². The number of carbonyl (C=O) groups excluding carboxylic acids is 2. The van der Waals surface area contributed by atoms with Crippen LogP contribution in [-0.4, -0.2) is 24.8 Å². The molecule has 28 heavy (non-hydrogen) atoms. The number of rotatable bonds is 5. The number of hydrogen-bond donors (Lipinski definition) is 2. The Hall–Kier alpha value is -3.13. The Kier molecular flexibility index (Phi) is 4.23. The standard InChI is InChI=1S/C20H19N3O4S/c1-12(2)11-23-8-7-13-9-14(3-6-18(13)23)22-28(26,27)15-4-5-16-17(10-15)20(25)21-19(16)24/h3-10,12,22H,11H2,1-2H3,(H,21,24,25). The highest BCUT2D eigenvalue weighted by Gasteiger charge is 2.28. The molecule has 1 aromatic heterocycles. The average Bonchev–Trinajstić information content (AvgIpc) is 3.14. The van der Waals surface area contributed by atoms with E-state index in [1.165, 1.54) is 18.2 Å². The predicted molar refractivity (Wildman–Crippen MR) is 106 cm³/mol. The third kappa shape index (κ3) is 3.16. The SMILES string of the molecule is CC(C)Cn1ccc2cc(NS(=O)(=O)c3ccc4c(c3)C(=O)NC4=O)ccc21. The fraction of sp³-hybridized carbons (Fsp3) is 0.200. The molecular weight excluding hydrogens is 378 g/mol. The molecule has 0 fully saturated rings. The van der Waals surface area contributed by atoms with E-state index in [0.717, 1.165) is 17.4 Å². The molecule has 2 aromatic carbocycles. The molecule has 2 heterocycles. The second-order valence-corrected chi connectivity index (χ2v) is 8.91. The number of fused-ring (bicyclic) bond motifs is 2. The molecule has 0 unspecified atom stereocenters. The predicted octanol–water partition coefficient (Wildman–Crippen LogP) is 2.98. The summed E-state index contributed by atoms with van der Waals surface area (Å²) in [6.45, 7) is 5.15. The third-order valence-corrected chi connectivity index (χ3v) is 5.98. The molecule has 0 aliphatic carbocycles. The number of benzene rings is 2. The maximum atomic E-state index is 12.7. The third-order valence-electron chi connectivity index (χ3n) is 4.60. The first-order chi connectivity index (χ1) is 13.2. The summed E-state index contributed by atoms with van der Waals surface area (Å²) < 4.78 is 30.2. The van der Waals surface area contributed by atoms with Gasteiger partial charge in [0.05, 0.1) is 16.0 Å². The number of nitrogens with one attached hydrogen (secondary N) is 2. The normalized spacial score (nSPS) is 13.8. The molecule has 3 aromatic rings. The molecule has 0 radical (unpaired) electrons. The molecule has 7 nitrogen and oxygen atoms in total. The van der Waals surface area contributed by atoms with Crippen LogP contribution in [0.5, 0.6) is 0 Å². The Bertz CT molecular complexity index is 1230. The van der Waals surface area contributed by atoms with Gasteiger partial charge in [-0.1, -0.05) is 13.8 Å². The number of aromatic nitrogens is 1. The molecule has 0 saturated heterocycles. The number of sulfonamides is 1. The van der Waals surface area contributed by atoms with Crippen molar-refractivity contribution in [3.63, 3.8) is 0 Å². The Balaban J connectivity index is 1.64. The summed E-state index contributed by atoms with van der Waals surface area (Å²) in [5.74, 6) is -0.615. The van der Waals surface area contributed by atoms with Crippen LogP contribution in [0.4, 0.5) is 5.69 Å². The van der Waals surface area contributed by atoms with Gasteiger partial charge in [-0.25, -0.2) is 8.42 Å². The Morgan fingerprint density at radius 3 is 2.50 bits per heavy atom. The fourth-order valence-corrected chi connectivity index (χ4v) is 4.42. The molecule has 1 aliphatic rings. The molecule has 144 valence electrons. The smallest absolute Gasteiger partial charge is 0.261 e. The minimum atomic E-state index is -3.90. The lowest BCUT2D eigenvalue weighted by molar-refractivity contribution is 0.0879. The van der Waals surface area contributed by atoms with Crippen LogP contribution in [0.2, 0.25) is 0 Å². The van der Waals surface area contributed by atoms with Gasteiger partial charge in [-0.15, -0.1) is 0 Å². The van der Waals surface area contributed by atoms with Crippen molar-refractivity contribution in [3.8, 4) is 0 Å². The molecular formula is C20H19N3O4S. The van der Waals surface area contributed by atoms with Gasteiger partial charge < -0.3 is 4.57 Å². The van der Waals surface area contributed by atoms with E-state index in [0.29, 0.717) is 11.6 Å². The molecule has 0 spiro atoms. The zero-order valence-corrected chi connectivity index (χ0v) is 16.2. The first kappa shape index (κ1) is 18.2. The highest BCUT2D eigenvalue weighted by Crippen LogP contribution is 2.25. The van der Waals surface area contributed by atoms with E-state index in [9.17, 15) is 18.0 Å². The summed E-state index contributed by atoms with van der Waals surface area (Å²) in [5.41, 5.74) is 1.70. The van der Waals surface area contributed by atoms with E-state index < -0.39 is 21.8 Å². The van der Waals surface area contributed by atoms with Gasteiger partial charge >= 0.3 is 0 Å². The molecule has 1 aliphatic heterocycles. The molecule has 0 atom stereocenters. The van der Waals surface area contributed by atoms with Gasteiger partial charge in [0.25, 0.3) is 21.8 Å². The first-order valence-corrected chi connectivity index (χ1v) is 10.3. The van der Waals surface area contributed by atoms with Crippen LogP contribution in [-0.2, 0) is 16.6 Å². The van der Waals surface area contributed by atoms with Crippen molar-refractivity contribution in [2.45, 2.75) is 25.3 Å². The van der Waals surface area contributed by atoms with Gasteiger partial charge in [0, 0.05) is 29.3 Å². The van der Waals surface area contributed by atoms with Crippen molar-refractivity contribution in [1.82, 2.24) is 9.88 Å². The van der Waals surface area contributed by atoms with E-state index in [1.54, 1.807) is 12.1 Å². The van der Waals surface area contributed by atoms with E-state index in [2.05, 4.69) is 28.5 Å². The summed E-state index contributed by atoms with van der Waals surface area (Å²) in [7, 11) is -3.90. The van der Waals surface area contributed by atoms with E-state index in [1.807, 2.05) is 18.3 Å². The summed E-state index contributed by atoms with van der Waals surface area (Å²) in [6.07, 6.45) is 1.99. The van der Waals surface area contributed by atoms with E-state index >= 15 is 0 Å². The van der Waals surface area contributed by atoms with Gasteiger partial charge in [-0.05, 0) is 48.4 Å². The van der Waals surface area contributed by atoms with Crippen LogP contribution >= 0.6 is 0 Å². The second-order valence-electron chi connectivity index (χ2n) is 7.23. The van der Waals surface area contributed by atoms with Crippen molar-refractivity contribution in [1.29, 1.82) is 0 Å². The number of carbonyl (C=O) groups is 2. The second kappa shape index (κ2) is 6.49. The van der Waals surface area contributed by atoms with Crippen molar-refractivity contribution < 1.29 is 18.0 Å². The fourth-order valence-electron chi connectivity index (χ4n) is 3.34. The van der Waals surface area contributed by atoms with Crippen LogP contribution in [0.15, 0.2) is 53.6 Å². The number of nitrogens with zero attached hydrogens (tertiary/aromatic N) is 1. The summed E-state index contributed by atoms with van der Waals surface area (Å²) in [5, 5.41) is 3.08. The number of hydrogen-bond acceptors (Lipinski definition) is 4. The monoisotopic (exact) mass is 397 g/mol. The van der Waals surface area contributed by atoms with Gasteiger partial charge in [-0.2, -0.15) is 0 Å². The molecule has 8 heteroatoms. The summed E-state index contributed by atoms with van der Waals surface area (Å²) in [4.78, 5) is 23.3. The van der Waals surface area contributed by atoms with E-state index in [-0.39, 0.29) is 16.0 Å². The average molecular weight is 397 g/mol. The first-order valence-electron chi connectivity index (χ1n) is 8.86. The highest BCUT2D eigenvalue weighted by molar-refractivity contribution is 7.92. The van der Waals surface area contributed by atoms with Gasteiger partial charge in [0.2, 0.25) is 0 Å². The number of amides is 2. The van der Waals surface area contributed by atoms with E-state index in [4.69, 9.17) is 0 Å². The molecule has 2 N–H and O–H groups in total. The van der Waals surface area contributed by atoms with Crippen molar-refractivity contribution in [2.24, 2.45) is 5.92 Å². The topological polar surface area (TPSA) is 97.3 Å². The van der Waals surface area contributed by atoms with Gasteiger partial charge in [0.15, 0.2) is 0 Å². The maximum Gasteiger partial charge on any atom is 0.261 e. The van der Waals surface area contributed by atoms with Crippen LogP contribution in [0.3, 0.4) is 0 Å². The van der Waals surface area contributed by atoms with Gasteiger partial charge in [0.1, 0.15) is 0 Å². The number of anilines is 1. The minimum absolute atomic E-state index is 0.0640. The Labute approximate surface area is 162 Å². The maximum absolute atomic E-state index is 12.7. The lowest BCUT2D eigenvalue weighted by Gasteiger charge is -2.11. The highest BCUT2D eigenvalue weighted by atomic mass is 32.2. The Morgan fingerprint density at radius 2 is 1.75 bits per heavy atom.